The highest BCUT2D eigenvalue weighted by Crippen LogP contribution is 2.56. The molecule has 1 aliphatic heterocycles. The van der Waals surface area contributed by atoms with Crippen molar-refractivity contribution in [2.24, 2.45) is 0 Å². The van der Waals surface area contributed by atoms with Gasteiger partial charge in [-0.05, 0) is 13.8 Å². The molecule has 0 spiro atoms. The number of hydrogen-bond donors (Lipinski definition) is 0. The first-order valence-electron chi connectivity index (χ1n) is 8.16. The summed E-state index contributed by atoms with van der Waals surface area (Å²) in [6.45, 7) is 9.30. The van der Waals surface area contributed by atoms with Crippen LogP contribution in [-0.2, 0) is 14.9 Å². The highest BCUT2D eigenvalue weighted by molar-refractivity contribution is 6.08. The van der Waals surface area contributed by atoms with Gasteiger partial charge in [0.25, 0.3) is 0 Å². The van der Waals surface area contributed by atoms with Crippen LogP contribution >= 0.6 is 0 Å². The van der Waals surface area contributed by atoms with Crippen LogP contribution < -0.4 is 9.47 Å². The van der Waals surface area contributed by atoms with E-state index in [2.05, 4.69) is 0 Å². The van der Waals surface area contributed by atoms with Gasteiger partial charge in [0.05, 0.1) is 7.11 Å². The molecule has 0 saturated heterocycles. The predicted octanol–water partition coefficient (Wildman–Crippen LogP) is 4.00. The number of carbonyl (C=O) groups is 2. The van der Waals surface area contributed by atoms with Gasteiger partial charge in [0.1, 0.15) is 16.9 Å². The highest BCUT2D eigenvalue weighted by atomic mass is 16.5. The SMILES string of the molecule is COC(=O)c1c2c(c3ccccc3c1OC(C)=O)OC(C)(C)C2(C)C. The molecule has 0 radical (unpaired) electrons. The van der Waals surface area contributed by atoms with Gasteiger partial charge in [0, 0.05) is 28.7 Å². The molecule has 0 atom stereocenters. The summed E-state index contributed by atoms with van der Waals surface area (Å²) in [5.41, 5.74) is -0.0816. The molecular formula is C20H22O5. The van der Waals surface area contributed by atoms with Gasteiger partial charge in [-0.15, -0.1) is 0 Å². The van der Waals surface area contributed by atoms with E-state index in [9.17, 15) is 9.59 Å². The zero-order chi connectivity index (χ0) is 18.6. The fourth-order valence-electron chi connectivity index (χ4n) is 3.31. The lowest BCUT2D eigenvalue weighted by molar-refractivity contribution is -0.131. The van der Waals surface area contributed by atoms with Crippen LogP contribution in [0.4, 0.5) is 0 Å². The van der Waals surface area contributed by atoms with Crippen LogP contribution in [0.5, 0.6) is 11.5 Å². The zero-order valence-electron chi connectivity index (χ0n) is 15.4. The van der Waals surface area contributed by atoms with Crippen LogP contribution in [0.15, 0.2) is 24.3 Å². The first-order valence-corrected chi connectivity index (χ1v) is 8.16. The Kier molecular flexibility index (Phi) is 3.78. The highest BCUT2D eigenvalue weighted by Gasteiger charge is 2.52. The second-order valence-electron chi connectivity index (χ2n) is 7.28. The standard InChI is InChI=1S/C20H22O5/c1-11(21)24-16-12-9-7-8-10-13(12)17-15(14(16)18(22)23-6)19(2,3)20(4,5)25-17/h7-10H,1-6H3. The van der Waals surface area contributed by atoms with E-state index in [0.717, 1.165) is 5.39 Å². The fourth-order valence-corrected chi connectivity index (χ4v) is 3.31. The first-order chi connectivity index (χ1) is 11.6. The maximum Gasteiger partial charge on any atom is 0.342 e. The summed E-state index contributed by atoms with van der Waals surface area (Å²) in [7, 11) is 1.31. The Hall–Kier alpha value is -2.56. The second kappa shape index (κ2) is 5.48. The van der Waals surface area contributed by atoms with Crippen LogP contribution in [0.3, 0.4) is 0 Å². The van der Waals surface area contributed by atoms with E-state index in [1.165, 1.54) is 14.0 Å². The van der Waals surface area contributed by atoms with Gasteiger partial charge in [-0.1, -0.05) is 38.1 Å². The van der Waals surface area contributed by atoms with Crippen molar-refractivity contribution in [2.45, 2.75) is 45.6 Å². The van der Waals surface area contributed by atoms with Crippen molar-refractivity contribution in [1.82, 2.24) is 0 Å². The topological polar surface area (TPSA) is 61.8 Å². The Morgan fingerprint density at radius 1 is 1.04 bits per heavy atom. The third kappa shape index (κ3) is 2.37. The van der Waals surface area contributed by atoms with E-state index in [4.69, 9.17) is 14.2 Å². The second-order valence-corrected chi connectivity index (χ2v) is 7.28. The summed E-state index contributed by atoms with van der Waals surface area (Å²) in [5, 5.41) is 1.45. The molecule has 0 aliphatic carbocycles. The minimum absolute atomic E-state index is 0.225. The third-order valence-electron chi connectivity index (χ3n) is 5.24. The molecular weight excluding hydrogens is 320 g/mol. The van der Waals surface area contributed by atoms with Crippen molar-refractivity contribution in [3.8, 4) is 11.5 Å². The molecule has 2 aromatic carbocycles. The molecule has 1 heterocycles. The largest absolute Gasteiger partial charge is 0.486 e. The van der Waals surface area contributed by atoms with Crippen molar-refractivity contribution in [3.05, 3.63) is 35.4 Å². The van der Waals surface area contributed by atoms with Gasteiger partial charge >= 0.3 is 11.9 Å². The summed E-state index contributed by atoms with van der Waals surface area (Å²) in [6.07, 6.45) is 0. The number of rotatable bonds is 2. The molecule has 5 nitrogen and oxygen atoms in total. The van der Waals surface area contributed by atoms with Crippen LogP contribution in [0.2, 0.25) is 0 Å². The molecule has 0 bridgehead atoms. The van der Waals surface area contributed by atoms with Gasteiger partial charge in [0.15, 0.2) is 5.75 Å². The zero-order valence-corrected chi connectivity index (χ0v) is 15.4. The molecule has 0 fully saturated rings. The number of ether oxygens (including phenoxy) is 3. The molecule has 132 valence electrons. The first kappa shape index (κ1) is 17.3. The molecule has 0 N–H and O–H groups in total. The average Bonchev–Trinajstić information content (AvgIpc) is 2.73. The Balaban J connectivity index is 2.52. The van der Waals surface area contributed by atoms with Crippen molar-refractivity contribution in [1.29, 1.82) is 0 Å². The Bertz CT molecular complexity index is 893. The number of benzene rings is 2. The lowest BCUT2D eigenvalue weighted by Gasteiger charge is -2.33. The van der Waals surface area contributed by atoms with Crippen molar-refractivity contribution in [2.75, 3.05) is 7.11 Å². The van der Waals surface area contributed by atoms with Gasteiger partial charge < -0.3 is 14.2 Å². The van der Waals surface area contributed by atoms with Crippen LogP contribution in [0.1, 0.15) is 50.5 Å². The van der Waals surface area contributed by atoms with Crippen molar-refractivity contribution >= 4 is 22.7 Å². The summed E-state index contributed by atoms with van der Waals surface area (Å²) in [4.78, 5) is 24.4. The predicted molar refractivity (Wildman–Crippen MR) is 94.3 cm³/mol. The Morgan fingerprint density at radius 2 is 1.64 bits per heavy atom. The van der Waals surface area contributed by atoms with Crippen molar-refractivity contribution < 1.29 is 23.8 Å². The van der Waals surface area contributed by atoms with Gasteiger partial charge in [-0.25, -0.2) is 4.79 Å². The lowest BCUT2D eigenvalue weighted by Crippen LogP contribution is -2.42. The molecule has 0 amide bonds. The average molecular weight is 342 g/mol. The summed E-state index contributed by atoms with van der Waals surface area (Å²) in [5.74, 6) is -0.177. The maximum absolute atomic E-state index is 12.6. The normalized spacial score (nSPS) is 16.9. The number of fused-ring (bicyclic) bond motifs is 3. The third-order valence-corrected chi connectivity index (χ3v) is 5.24. The Labute approximate surface area is 146 Å². The number of carbonyl (C=O) groups excluding carboxylic acids is 2. The molecule has 5 heteroatoms. The number of hydrogen-bond acceptors (Lipinski definition) is 5. The quantitative estimate of drug-likeness (QED) is 0.610. The van der Waals surface area contributed by atoms with E-state index >= 15 is 0 Å². The van der Waals surface area contributed by atoms with E-state index in [1.807, 2.05) is 52.0 Å². The summed E-state index contributed by atoms with van der Waals surface area (Å²) in [6, 6.07) is 7.43. The van der Waals surface area contributed by atoms with Crippen LogP contribution in [0.25, 0.3) is 10.8 Å². The van der Waals surface area contributed by atoms with Crippen molar-refractivity contribution in [3.63, 3.8) is 0 Å². The number of esters is 2. The summed E-state index contributed by atoms with van der Waals surface area (Å²) < 4.78 is 16.8. The van der Waals surface area contributed by atoms with Gasteiger partial charge in [-0.3, -0.25) is 4.79 Å². The smallest absolute Gasteiger partial charge is 0.342 e. The van der Waals surface area contributed by atoms with Crippen LogP contribution in [-0.4, -0.2) is 24.6 Å². The van der Waals surface area contributed by atoms with Gasteiger partial charge in [0.2, 0.25) is 0 Å². The molecule has 2 aromatic rings. The fraction of sp³-hybridized carbons (Fsp3) is 0.400. The molecule has 0 saturated carbocycles. The minimum Gasteiger partial charge on any atom is -0.486 e. The van der Waals surface area contributed by atoms with E-state index in [0.29, 0.717) is 16.7 Å². The maximum atomic E-state index is 12.6. The molecule has 0 aromatic heterocycles. The molecule has 3 rings (SSSR count). The molecule has 1 aliphatic rings. The van der Waals surface area contributed by atoms with E-state index in [1.54, 1.807) is 0 Å². The van der Waals surface area contributed by atoms with Gasteiger partial charge in [-0.2, -0.15) is 0 Å². The minimum atomic E-state index is -0.548. The molecule has 25 heavy (non-hydrogen) atoms. The summed E-state index contributed by atoms with van der Waals surface area (Å²) >= 11 is 0. The number of methoxy groups -OCH3 is 1. The van der Waals surface area contributed by atoms with E-state index < -0.39 is 23.0 Å². The Morgan fingerprint density at radius 3 is 2.20 bits per heavy atom. The lowest BCUT2D eigenvalue weighted by atomic mass is 9.71. The monoisotopic (exact) mass is 342 g/mol. The van der Waals surface area contributed by atoms with E-state index in [-0.39, 0.29) is 11.3 Å². The van der Waals surface area contributed by atoms with Crippen LogP contribution in [0, 0.1) is 0 Å². The molecule has 0 unspecified atom stereocenters.